The van der Waals surface area contributed by atoms with Crippen molar-refractivity contribution in [2.75, 3.05) is 13.1 Å². The van der Waals surface area contributed by atoms with Crippen molar-refractivity contribution in [1.29, 1.82) is 0 Å². The van der Waals surface area contributed by atoms with Gasteiger partial charge in [0.2, 0.25) is 5.91 Å². The molecule has 1 unspecified atom stereocenters. The van der Waals surface area contributed by atoms with Gasteiger partial charge in [-0.15, -0.1) is 12.4 Å². The Hall–Kier alpha value is -1.06. The molecule has 0 saturated carbocycles. The topological polar surface area (TPSA) is 46.3 Å². The zero-order valence-corrected chi connectivity index (χ0v) is 12.2. The zero-order chi connectivity index (χ0) is 13.0. The normalized spacial score (nSPS) is 17.7. The highest BCUT2D eigenvalue weighted by molar-refractivity contribution is 5.85. The van der Waals surface area contributed by atoms with Crippen LogP contribution < -0.4 is 5.73 Å². The molecule has 0 spiro atoms. The monoisotopic (exact) mass is 282 g/mol. The van der Waals surface area contributed by atoms with Gasteiger partial charge in [0.25, 0.3) is 0 Å². The number of likely N-dealkylation sites (tertiary alicyclic amines) is 1. The number of rotatable bonds is 3. The molecule has 2 N–H and O–H groups in total. The van der Waals surface area contributed by atoms with Gasteiger partial charge in [0.05, 0.1) is 6.04 Å². The largest absolute Gasteiger partial charge is 0.341 e. The van der Waals surface area contributed by atoms with Gasteiger partial charge in [0, 0.05) is 13.1 Å². The molecule has 1 saturated heterocycles. The molecule has 106 valence electrons. The van der Waals surface area contributed by atoms with Crippen molar-refractivity contribution in [3.63, 3.8) is 0 Å². The molecule has 2 rings (SSSR count). The van der Waals surface area contributed by atoms with E-state index >= 15 is 0 Å². The number of nitrogens with two attached hydrogens (primary N) is 1. The van der Waals surface area contributed by atoms with Crippen LogP contribution in [-0.2, 0) is 11.2 Å². The zero-order valence-electron chi connectivity index (χ0n) is 11.4. The van der Waals surface area contributed by atoms with Crippen LogP contribution in [0, 0.1) is 5.92 Å². The molecular weight excluding hydrogens is 260 g/mol. The first kappa shape index (κ1) is 16.0. The Morgan fingerprint density at radius 1 is 1.32 bits per heavy atom. The molecular formula is C15H23ClN2O. The summed E-state index contributed by atoms with van der Waals surface area (Å²) in [5.41, 5.74) is 7.15. The van der Waals surface area contributed by atoms with Gasteiger partial charge >= 0.3 is 0 Å². The summed E-state index contributed by atoms with van der Waals surface area (Å²) in [4.78, 5) is 14.1. The second-order valence-corrected chi connectivity index (χ2v) is 5.30. The van der Waals surface area contributed by atoms with Crippen LogP contribution in [0.4, 0.5) is 0 Å². The highest BCUT2D eigenvalue weighted by Crippen LogP contribution is 2.17. The van der Waals surface area contributed by atoms with Crippen LogP contribution in [-0.4, -0.2) is 29.9 Å². The lowest BCUT2D eigenvalue weighted by molar-refractivity contribution is -0.133. The predicted octanol–water partition coefficient (Wildman–Crippen LogP) is 2.24. The minimum Gasteiger partial charge on any atom is -0.341 e. The Kier molecular flexibility index (Phi) is 6.32. The fourth-order valence-corrected chi connectivity index (χ4v) is 2.42. The van der Waals surface area contributed by atoms with Crippen molar-refractivity contribution in [2.24, 2.45) is 11.7 Å². The molecule has 0 bridgehead atoms. The van der Waals surface area contributed by atoms with E-state index < -0.39 is 6.04 Å². The number of carbonyl (C=O) groups is 1. The van der Waals surface area contributed by atoms with Gasteiger partial charge in [-0.05, 0) is 30.7 Å². The van der Waals surface area contributed by atoms with Gasteiger partial charge in [-0.3, -0.25) is 4.79 Å². The van der Waals surface area contributed by atoms with E-state index in [0.29, 0.717) is 6.42 Å². The molecule has 19 heavy (non-hydrogen) atoms. The van der Waals surface area contributed by atoms with E-state index in [1.807, 2.05) is 35.2 Å². The molecule has 1 aliphatic heterocycles. The Bertz CT molecular complexity index is 388. The van der Waals surface area contributed by atoms with E-state index in [-0.39, 0.29) is 18.3 Å². The van der Waals surface area contributed by atoms with Crippen LogP contribution in [0.3, 0.4) is 0 Å². The van der Waals surface area contributed by atoms with Crippen molar-refractivity contribution < 1.29 is 4.79 Å². The van der Waals surface area contributed by atoms with Crippen molar-refractivity contribution in [3.05, 3.63) is 35.9 Å². The van der Waals surface area contributed by atoms with Crippen LogP contribution in [0.25, 0.3) is 0 Å². The van der Waals surface area contributed by atoms with E-state index in [1.54, 1.807) is 0 Å². The lowest BCUT2D eigenvalue weighted by Gasteiger charge is -2.32. The van der Waals surface area contributed by atoms with E-state index in [1.165, 1.54) is 0 Å². The fourth-order valence-electron chi connectivity index (χ4n) is 2.42. The molecule has 1 aromatic rings. The maximum Gasteiger partial charge on any atom is 0.239 e. The standard InChI is InChI=1S/C15H22N2O.ClH/c1-12-7-9-17(10-8-12)15(18)14(16)11-13-5-3-2-4-6-13;/h2-6,12,14H,7-11,16H2,1H3;1H. The maximum absolute atomic E-state index is 12.2. The van der Waals surface area contributed by atoms with Gasteiger partial charge in [0.15, 0.2) is 0 Å². The van der Waals surface area contributed by atoms with Crippen molar-refractivity contribution in [1.82, 2.24) is 4.90 Å². The summed E-state index contributed by atoms with van der Waals surface area (Å²) in [7, 11) is 0. The molecule has 1 atom stereocenters. The number of amides is 1. The summed E-state index contributed by atoms with van der Waals surface area (Å²) in [5.74, 6) is 0.838. The average molecular weight is 283 g/mol. The van der Waals surface area contributed by atoms with Crippen molar-refractivity contribution in [2.45, 2.75) is 32.2 Å². The number of benzene rings is 1. The van der Waals surface area contributed by atoms with Crippen LogP contribution in [0.5, 0.6) is 0 Å². The molecule has 0 radical (unpaired) electrons. The Balaban J connectivity index is 0.00000180. The van der Waals surface area contributed by atoms with E-state index in [2.05, 4.69) is 6.92 Å². The molecule has 1 amide bonds. The summed E-state index contributed by atoms with van der Waals surface area (Å²) in [6.07, 6.45) is 2.83. The SMILES string of the molecule is CC1CCN(C(=O)C(N)Cc2ccccc2)CC1.Cl. The predicted molar refractivity (Wildman–Crippen MR) is 80.3 cm³/mol. The lowest BCUT2D eigenvalue weighted by Crippen LogP contribution is -2.47. The van der Waals surface area contributed by atoms with Gasteiger partial charge in [-0.1, -0.05) is 37.3 Å². The highest BCUT2D eigenvalue weighted by atomic mass is 35.5. The summed E-state index contributed by atoms with van der Waals surface area (Å²) in [6.45, 7) is 3.97. The molecule has 1 heterocycles. The number of hydrogen-bond donors (Lipinski definition) is 1. The van der Waals surface area contributed by atoms with Crippen LogP contribution in [0.15, 0.2) is 30.3 Å². The van der Waals surface area contributed by atoms with E-state index in [0.717, 1.165) is 37.4 Å². The molecule has 1 fully saturated rings. The lowest BCUT2D eigenvalue weighted by atomic mass is 9.98. The fraction of sp³-hybridized carbons (Fsp3) is 0.533. The molecule has 3 nitrogen and oxygen atoms in total. The summed E-state index contributed by atoms with van der Waals surface area (Å²) < 4.78 is 0. The minimum absolute atomic E-state index is 0. The van der Waals surface area contributed by atoms with Crippen LogP contribution in [0.1, 0.15) is 25.3 Å². The first-order valence-corrected chi connectivity index (χ1v) is 6.75. The Morgan fingerprint density at radius 2 is 1.89 bits per heavy atom. The third kappa shape index (κ3) is 4.51. The van der Waals surface area contributed by atoms with Crippen molar-refractivity contribution >= 4 is 18.3 Å². The summed E-state index contributed by atoms with van der Waals surface area (Å²) in [6, 6.07) is 9.57. The second-order valence-electron chi connectivity index (χ2n) is 5.30. The van der Waals surface area contributed by atoms with Gasteiger partial charge in [0.1, 0.15) is 0 Å². The average Bonchev–Trinajstić information content (AvgIpc) is 2.40. The first-order chi connectivity index (χ1) is 8.66. The number of piperidine rings is 1. The van der Waals surface area contributed by atoms with E-state index in [4.69, 9.17) is 5.73 Å². The molecule has 1 aliphatic rings. The maximum atomic E-state index is 12.2. The summed E-state index contributed by atoms with van der Waals surface area (Å²) >= 11 is 0. The Labute approximate surface area is 121 Å². The minimum atomic E-state index is -0.402. The van der Waals surface area contributed by atoms with Gasteiger partial charge in [-0.2, -0.15) is 0 Å². The highest BCUT2D eigenvalue weighted by Gasteiger charge is 2.24. The molecule has 4 heteroatoms. The third-order valence-corrected chi connectivity index (χ3v) is 3.71. The van der Waals surface area contributed by atoms with Crippen LogP contribution in [0.2, 0.25) is 0 Å². The van der Waals surface area contributed by atoms with E-state index in [9.17, 15) is 4.79 Å². The molecule has 0 aromatic heterocycles. The number of carbonyl (C=O) groups excluding carboxylic acids is 1. The van der Waals surface area contributed by atoms with Gasteiger partial charge in [-0.25, -0.2) is 0 Å². The number of halogens is 1. The van der Waals surface area contributed by atoms with Gasteiger partial charge < -0.3 is 10.6 Å². The number of nitrogens with zero attached hydrogens (tertiary/aromatic N) is 1. The van der Waals surface area contributed by atoms with Crippen LogP contribution >= 0.6 is 12.4 Å². The molecule has 1 aromatic carbocycles. The second kappa shape index (κ2) is 7.51. The van der Waals surface area contributed by atoms with Crippen molar-refractivity contribution in [3.8, 4) is 0 Å². The Morgan fingerprint density at radius 3 is 2.47 bits per heavy atom. The quantitative estimate of drug-likeness (QED) is 0.924. The first-order valence-electron chi connectivity index (χ1n) is 6.75. The molecule has 0 aliphatic carbocycles. The smallest absolute Gasteiger partial charge is 0.239 e. The number of hydrogen-bond acceptors (Lipinski definition) is 2. The third-order valence-electron chi connectivity index (χ3n) is 3.71. The summed E-state index contributed by atoms with van der Waals surface area (Å²) in [5, 5.41) is 0.